The second kappa shape index (κ2) is 10.8. The fourth-order valence-electron chi connectivity index (χ4n) is 2.50. The summed E-state index contributed by atoms with van der Waals surface area (Å²) in [5, 5.41) is 0.585. The first-order chi connectivity index (χ1) is 12.7. The Labute approximate surface area is 185 Å². The highest BCUT2D eigenvalue weighted by Gasteiger charge is 2.24. The largest absolute Gasteiger partial charge is 0.302 e. The first-order valence-corrected chi connectivity index (χ1v) is 12.1. The third-order valence-electron chi connectivity index (χ3n) is 4.33. The van der Waals surface area contributed by atoms with Crippen molar-refractivity contribution in [1.29, 1.82) is 0 Å². The van der Waals surface area contributed by atoms with Gasteiger partial charge in [-0.1, -0.05) is 41.1 Å². The number of carbonyl (C=O) groups is 1. The lowest BCUT2D eigenvalue weighted by Gasteiger charge is -2.26. The van der Waals surface area contributed by atoms with E-state index in [4.69, 9.17) is 0 Å². The van der Waals surface area contributed by atoms with Crippen LogP contribution in [0.4, 0.5) is 5.13 Å². The van der Waals surface area contributed by atoms with Crippen LogP contribution in [0.1, 0.15) is 13.8 Å². The van der Waals surface area contributed by atoms with E-state index >= 15 is 0 Å². The number of rotatable bonds is 9. The quantitative estimate of drug-likeness (QED) is 0.515. The van der Waals surface area contributed by atoms with Gasteiger partial charge in [0, 0.05) is 24.6 Å². The molecule has 0 radical (unpaired) electrons. The van der Waals surface area contributed by atoms with Crippen LogP contribution in [0.25, 0.3) is 10.2 Å². The number of fused-ring (bicyclic) bond motifs is 1. The van der Waals surface area contributed by atoms with Gasteiger partial charge in [-0.2, -0.15) is 4.31 Å². The van der Waals surface area contributed by atoms with Crippen molar-refractivity contribution in [2.24, 2.45) is 0 Å². The predicted molar refractivity (Wildman–Crippen MR) is 122 cm³/mol. The van der Waals surface area contributed by atoms with Gasteiger partial charge in [-0.05, 0) is 31.3 Å². The average Bonchev–Trinajstić information content (AvgIpc) is 3.00. The summed E-state index contributed by atoms with van der Waals surface area (Å²) >= 11 is 4.88. The minimum absolute atomic E-state index is 0. The second-order valence-corrected chi connectivity index (χ2v) is 10.2. The molecule has 0 saturated heterocycles. The summed E-state index contributed by atoms with van der Waals surface area (Å²) in [6.45, 7) is 6.85. The maximum atomic E-state index is 12.9. The minimum Gasteiger partial charge on any atom is -0.302 e. The van der Waals surface area contributed by atoms with Crippen LogP contribution in [-0.4, -0.2) is 74.5 Å². The predicted octanol–water partition coefficient (Wildman–Crippen LogP) is 3.05. The van der Waals surface area contributed by atoms with E-state index in [1.165, 1.54) is 18.4 Å². The Bertz CT molecular complexity index is 903. The zero-order valence-electron chi connectivity index (χ0n) is 16.4. The summed E-state index contributed by atoms with van der Waals surface area (Å²) in [5.74, 6) is -0.284. The Morgan fingerprint density at radius 2 is 1.86 bits per heavy atom. The van der Waals surface area contributed by atoms with Crippen LogP contribution in [0.15, 0.2) is 22.7 Å². The Morgan fingerprint density at radius 1 is 1.21 bits per heavy atom. The molecule has 158 valence electrons. The fourth-order valence-corrected chi connectivity index (χ4v) is 4.41. The van der Waals surface area contributed by atoms with Gasteiger partial charge in [0.1, 0.15) is 0 Å². The molecule has 0 aliphatic rings. The van der Waals surface area contributed by atoms with E-state index in [0.717, 1.165) is 38.3 Å². The first-order valence-electron chi connectivity index (χ1n) is 8.65. The Balaban J connectivity index is 0.00000392. The van der Waals surface area contributed by atoms with E-state index in [0.29, 0.717) is 18.2 Å². The van der Waals surface area contributed by atoms with Crippen LogP contribution in [0.3, 0.4) is 0 Å². The third kappa shape index (κ3) is 6.64. The summed E-state index contributed by atoms with van der Waals surface area (Å²) in [4.78, 5) is 21.3. The van der Waals surface area contributed by atoms with Gasteiger partial charge in [0.25, 0.3) is 0 Å². The fraction of sp³-hybridized carbons (Fsp3) is 0.529. The number of carbonyl (C=O) groups excluding carboxylic acids is 1. The van der Waals surface area contributed by atoms with Crippen molar-refractivity contribution in [2.75, 3.05) is 50.9 Å². The monoisotopic (exact) mass is 512 g/mol. The molecule has 2 aromatic rings. The molecule has 28 heavy (non-hydrogen) atoms. The van der Waals surface area contributed by atoms with Crippen molar-refractivity contribution in [3.05, 3.63) is 22.7 Å². The maximum absolute atomic E-state index is 12.9. The van der Waals surface area contributed by atoms with Crippen LogP contribution < -0.4 is 4.90 Å². The smallest absolute Gasteiger partial charge is 0.244 e. The van der Waals surface area contributed by atoms with Crippen LogP contribution in [0.2, 0.25) is 0 Å². The lowest BCUT2D eigenvalue weighted by molar-refractivity contribution is -0.118. The topological polar surface area (TPSA) is 73.8 Å². The maximum Gasteiger partial charge on any atom is 0.244 e. The number of hydrogen-bond donors (Lipinski definition) is 0. The van der Waals surface area contributed by atoms with Gasteiger partial charge in [0.2, 0.25) is 15.9 Å². The van der Waals surface area contributed by atoms with E-state index in [9.17, 15) is 13.2 Å². The van der Waals surface area contributed by atoms with Gasteiger partial charge in [-0.25, -0.2) is 13.4 Å². The third-order valence-corrected chi connectivity index (χ3v) is 7.13. The molecule has 1 aromatic carbocycles. The van der Waals surface area contributed by atoms with Crippen molar-refractivity contribution in [3.63, 3.8) is 0 Å². The van der Waals surface area contributed by atoms with Crippen molar-refractivity contribution in [3.8, 4) is 0 Å². The molecule has 7 nitrogen and oxygen atoms in total. The highest BCUT2D eigenvalue weighted by molar-refractivity contribution is 9.10. The molecule has 0 saturated carbocycles. The molecule has 0 N–H and O–H groups in total. The Morgan fingerprint density at radius 3 is 2.43 bits per heavy atom. The molecule has 1 amide bonds. The number of likely N-dealkylation sites (N-methyl/N-ethyl adjacent to an activating group) is 2. The molecule has 1 heterocycles. The van der Waals surface area contributed by atoms with Crippen LogP contribution in [0.5, 0.6) is 0 Å². The van der Waals surface area contributed by atoms with Gasteiger partial charge in [0.05, 0.1) is 23.0 Å². The van der Waals surface area contributed by atoms with Gasteiger partial charge in [-0.3, -0.25) is 9.69 Å². The lowest BCUT2D eigenvalue weighted by atomic mass is 10.3. The van der Waals surface area contributed by atoms with Crippen LogP contribution >= 0.6 is 39.7 Å². The highest BCUT2D eigenvalue weighted by Crippen LogP contribution is 2.31. The molecule has 11 heteroatoms. The summed E-state index contributed by atoms with van der Waals surface area (Å²) in [6.07, 6.45) is 1.09. The van der Waals surface area contributed by atoms with Crippen LogP contribution in [0, 0.1) is 0 Å². The van der Waals surface area contributed by atoms with Crippen LogP contribution in [-0.2, 0) is 14.8 Å². The molecule has 0 fully saturated rings. The highest BCUT2D eigenvalue weighted by atomic mass is 79.9. The minimum atomic E-state index is -3.43. The SMILES string of the molecule is CCN(CC)CCN(C(=O)CN(C)S(C)(=O)=O)c1nc2ccc(Br)cc2s1.Cl. The van der Waals surface area contributed by atoms with Gasteiger partial charge >= 0.3 is 0 Å². The van der Waals surface area contributed by atoms with Gasteiger partial charge in [-0.15, -0.1) is 12.4 Å². The number of anilines is 1. The Hall–Kier alpha value is -0.780. The molecule has 0 atom stereocenters. The lowest BCUT2D eigenvalue weighted by Crippen LogP contribution is -2.44. The summed E-state index contributed by atoms with van der Waals surface area (Å²) in [7, 11) is -2.02. The molecule has 1 aromatic heterocycles. The van der Waals surface area contributed by atoms with E-state index < -0.39 is 10.0 Å². The van der Waals surface area contributed by atoms with Crippen molar-refractivity contribution < 1.29 is 13.2 Å². The number of nitrogens with zero attached hydrogens (tertiary/aromatic N) is 4. The summed E-state index contributed by atoms with van der Waals surface area (Å²) < 4.78 is 26.4. The van der Waals surface area contributed by atoms with E-state index in [1.54, 1.807) is 4.90 Å². The molecule has 0 aliphatic heterocycles. The van der Waals surface area contributed by atoms with E-state index in [-0.39, 0.29) is 24.9 Å². The molecule has 0 bridgehead atoms. The van der Waals surface area contributed by atoms with E-state index in [1.807, 2.05) is 18.2 Å². The zero-order chi connectivity index (χ0) is 20.2. The number of sulfonamides is 1. The molecule has 0 spiro atoms. The number of thiazole rings is 1. The zero-order valence-corrected chi connectivity index (χ0v) is 20.4. The van der Waals surface area contributed by atoms with Gasteiger partial charge in [0.15, 0.2) is 5.13 Å². The molecule has 0 aliphatic carbocycles. The molecular weight excluding hydrogens is 488 g/mol. The molecule has 2 rings (SSSR count). The number of benzene rings is 1. The summed E-state index contributed by atoms with van der Waals surface area (Å²) in [5.41, 5.74) is 0.815. The summed E-state index contributed by atoms with van der Waals surface area (Å²) in [6, 6.07) is 5.77. The Kier molecular flexibility index (Phi) is 9.78. The number of hydrogen-bond acceptors (Lipinski definition) is 6. The first kappa shape index (κ1) is 25.3. The van der Waals surface area contributed by atoms with Crippen molar-refractivity contribution in [1.82, 2.24) is 14.2 Å². The molecule has 0 unspecified atom stereocenters. The second-order valence-electron chi connectivity index (χ2n) is 6.20. The van der Waals surface area contributed by atoms with Gasteiger partial charge < -0.3 is 4.90 Å². The standard InChI is InChI=1S/C17H25BrN4O3S2.ClH/c1-5-21(6-2)9-10-22(16(23)12-20(3)27(4,24)25)17-19-14-8-7-13(18)11-15(14)26-17;/h7-8,11H,5-6,9-10,12H2,1-4H3;1H. The average molecular weight is 514 g/mol. The number of halogens is 2. The number of amides is 1. The molecular formula is C17H26BrClN4O3S2. The van der Waals surface area contributed by atoms with Crippen molar-refractivity contribution in [2.45, 2.75) is 13.8 Å². The van der Waals surface area contributed by atoms with E-state index in [2.05, 4.69) is 39.7 Å². The normalized spacial score (nSPS) is 11.8. The number of aromatic nitrogens is 1. The van der Waals surface area contributed by atoms with Crippen molar-refractivity contribution >= 4 is 71.0 Å².